The van der Waals surface area contributed by atoms with Gasteiger partial charge in [0.15, 0.2) is 0 Å². The molecule has 11 heteroatoms. The van der Waals surface area contributed by atoms with Crippen LogP contribution in [0.5, 0.6) is 5.75 Å². The lowest BCUT2D eigenvalue weighted by atomic mass is 9.89. The number of nitrogens with zero attached hydrogens (tertiary/aromatic N) is 3. The van der Waals surface area contributed by atoms with Crippen molar-refractivity contribution in [2.45, 2.75) is 77.1 Å². The third-order valence-electron chi connectivity index (χ3n) is 8.57. The van der Waals surface area contributed by atoms with Crippen molar-refractivity contribution in [1.29, 1.82) is 5.26 Å². The Balaban J connectivity index is 1.50. The minimum absolute atomic E-state index is 0.00609. The Labute approximate surface area is 282 Å². The first kappa shape index (κ1) is 34.7. The van der Waals surface area contributed by atoms with E-state index >= 15 is 0 Å². The fraction of sp³-hybridized carbons (Fsp3) is 0.389. The van der Waals surface area contributed by atoms with Gasteiger partial charge < -0.3 is 19.5 Å². The van der Waals surface area contributed by atoms with Crippen LogP contribution < -0.4 is 4.74 Å². The van der Waals surface area contributed by atoms with Gasteiger partial charge in [-0.2, -0.15) is 5.26 Å². The highest BCUT2D eigenvalue weighted by Gasteiger charge is 2.35. The van der Waals surface area contributed by atoms with Crippen LogP contribution in [0.3, 0.4) is 0 Å². The Bertz CT molecular complexity index is 1810. The average molecular weight is 682 g/mol. The number of benzene rings is 3. The maximum absolute atomic E-state index is 14.8. The number of fused-ring (bicyclic) bond motifs is 1. The Kier molecular flexibility index (Phi) is 10.5. The number of halogens is 3. The molecule has 4 aromatic rings. The van der Waals surface area contributed by atoms with Gasteiger partial charge in [0.1, 0.15) is 22.3 Å². The van der Waals surface area contributed by atoms with Gasteiger partial charge in [0.05, 0.1) is 39.5 Å². The van der Waals surface area contributed by atoms with Crippen molar-refractivity contribution < 1.29 is 28.2 Å². The minimum Gasteiger partial charge on any atom is -0.496 e. The third-order valence-corrected chi connectivity index (χ3v) is 10.2. The number of amides is 1. The highest BCUT2D eigenvalue weighted by atomic mass is 35.5. The SMILES string of the molecule is COc1ccc(-c2cccc(C#N)c2)cc1CN(C(=O)c1sc2c(F)ccc(F)c2c1Cl)C1CCC(N(C)C(O)OC(C)(C)C)CC1. The van der Waals surface area contributed by atoms with E-state index in [4.69, 9.17) is 21.1 Å². The molecule has 1 amide bonds. The predicted molar refractivity (Wildman–Crippen MR) is 180 cm³/mol. The van der Waals surface area contributed by atoms with Crippen LogP contribution in [0.25, 0.3) is 21.2 Å². The first-order valence-electron chi connectivity index (χ1n) is 15.4. The zero-order chi connectivity index (χ0) is 34.0. The molecule has 1 atom stereocenters. The number of carbonyl (C=O) groups excluding carboxylic acids is 1. The molecule has 248 valence electrons. The molecule has 0 bridgehead atoms. The van der Waals surface area contributed by atoms with Crippen LogP contribution in [0.4, 0.5) is 8.78 Å². The Morgan fingerprint density at radius 1 is 1.06 bits per heavy atom. The van der Waals surface area contributed by atoms with Crippen molar-refractivity contribution in [2.75, 3.05) is 14.2 Å². The Hall–Kier alpha value is -3.59. The predicted octanol–water partition coefficient (Wildman–Crippen LogP) is 8.36. The number of methoxy groups -OCH3 is 1. The number of aliphatic hydroxyl groups excluding tert-OH is 1. The summed E-state index contributed by atoms with van der Waals surface area (Å²) in [7, 11) is 3.38. The number of hydrogen-bond donors (Lipinski definition) is 1. The molecule has 1 aliphatic carbocycles. The molecule has 0 spiro atoms. The van der Waals surface area contributed by atoms with Crippen LogP contribution in [0.1, 0.15) is 67.3 Å². The number of hydrogen-bond acceptors (Lipinski definition) is 7. The summed E-state index contributed by atoms with van der Waals surface area (Å²) in [6.07, 6.45) is 1.50. The molecule has 1 unspecified atom stereocenters. The molecule has 1 aliphatic rings. The van der Waals surface area contributed by atoms with Gasteiger partial charge in [0.25, 0.3) is 5.91 Å². The van der Waals surface area contributed by atoms with Crippen molar-refractivity contribution in [3.05, 3.63) is 87.3 Å². The topological polar surface area (TPSA) is 86.0 Å². The summed E-state index contributed by atoms with van der Waals surface area (Å²) < 4.78 is 41.0. The number of thiophene rings is 1. The largest absolute Gasteiger partial charge is 0.496 e. The normalized spacial score (nSPS) is 17.5. The summed E-state index contributed by atoms with van der Waals surface area (Å²) in [5, 5.41) is 19.9. The van der Waals surface area contributed by atoms with Gasteiger partial charge >= 0.3 is 0 Å². The first-order valence-corrected chi connectivity index (χ1v) is 16.6. The van der Waals surface area contributed by atoms with Gasteiger partial charge in [-0.05, 0) is 101 Å². The molecule has 0 aliphatic heterocycles. The van der Waals surface area contributed by atoms with Crippen LogP contribution in [0.2, 0.25) is 5.02 Å². The van der Waals surface area contributed by atoms with Gasteiger partial charge in [-0.1, -0.05) is 29.8 Å². The molecule has 5 rings (SSSR count). The van der Waals surface area contributed by atoms with Gasteiger partial charge in [-0.3, -0.25) is 9.69 Å². The van der Waals surface area contributed by atoms with Crippen LogP contribution in [0, 0.1) is 23.0 Å². The Morgan fingerprint density at radius 3 is 2.36 bits per heavy atom. The van der Waals surface area contributed by atoms with E-state index in [1.165, 1.54) is 0 Å². The Morgan fingerprint density at radius 2 is 1.72 bits per heavy atom. The van der Waals surface area contributed by atoms with Gasteiger partial charge in [-0.25, -0.2) is 8.78 Å². The maximum Gasteiger partial charge on any atom is 0.266 e. The van der Waals surface area contributed by atoms with Crippen molar-refractivity contribution in [1.82, 2.24) is 9.80 Å². The highest BCUT2D eigenvalue weighted by Crippen LogP contribution is 2.41. The van der Waals surface area contributed by atoms with Gasteiger partial charge in [-0.15, -0.1) is 11.3 Å². The molecule has 1 N–H and O–H groups in total. The van der Waals surface area contributed by atoms with E-state index in [0.717, 1.165) is 40.2 Å². The second-order valence-electron chi connectivity index (χ2n) is 12.8. The minimum atomic E-state index is -1.08. The van der Waals surface area contributed by atoms with E-state index in [1.807, 2.05) is 63.1 Å². The number of ether oxygens (including phenoxy) is 2. The number of rotatable bonds is 9. The molecule has 1 aromatic heterocycles. The lowest BCUT2D eigenvalue weighted by Crippen LogP contribution is -2.49. The van der Waals surface area contributed by atoms with E-state index < -0.39 is 29.6 Å². The zero-order valence-corrected chi connectivity index (χ0v) is 28.6. The highest BCUT2D eigenvalue weighted by molar-refractivity contribution is 7.21. The maximum atomic E-state index is 14.8. The summed E-state index contributed by atoms with van der Waals surface area (Å²) in [5.41, 5.74) is 2.40. The molecule has 0 radical (unpaired) electrons. The molecule has 1 fully saturated rings. The van der Waals surface area contributed by atoms with Crippen LogP contribution >= 0.6 is 22.9 Å². The van der Waals surface area contributed by atoms with Crippen LogP contribution in [-0.4, -0.2) is 59.1 Å². The summed E-state index contributed by atoms with van der Waals surface area (Å²) in [4.78, 5) is 18.0. The van der Waals surface area contributed by atoms with E-state index in [1.54, 1.807) is 24.1 Å². The molecular weight excluding hydrogens is 644 g/mol. The molecule has 7 nitrogen and oxygen atoms in total. The van der Waals surface area contributed by atoms with E-state index in [0.29, 0.717) is 37.0 Å². The number of carbonyl (C=O) groups is 1. The fourth-order valence-corrected chi connectivity index (χ4v) is 7.63. The molecule has 3 aromatic carbocycles. The summed E-state index contributed by atoms with van der Waals surface area (Å²) in [5.74, 6) is -1.20. The first-order chi connectivity index (χ1) is 22.3. The monoisotopic (exact) mass is 681 g/mol. The van der Waals surface area contributed by atoms with Gasteiger partial charge in [0, 0.05) is 24.2 Å². The van der Waals surface area contributed by atoms with E-state index in [2.05, 4.69) is 6.07 Å². The summed E-state index contributed by atoms with van der Waals surface area (Å²) in [6.45, 7) is 5.78. The molecule has 0 saturated heterocycles. The van der Waals surface area contributed by atoms with Crippen LogP contribution in [-0.2, 0) is 11.3 Å². The third kappa shape index (κ3) is 7.61. The van der Waals surface area contributed by atoms with Gasteiger partial charge in [0.2, 0.25) is 6.41 Å². The molecule has 1 saturated carbocycles. The smallest absolute Gasteiger partial charge is 0.266 e. The number of nitriles is 1. The molecule has 1 heterocycles. The number of aliphatic hydroxyl groups is 1. The zero-order valence-electron chi connectivity index (χ0n) is 27.0. The van der Waals surface area contributed by atoms with Crippen molar-refractivity contribution in [2.24, 2.45) is 0 Å². The lowest BCUT2D eigenvalue weighted by molar-refractivity contribution is -0.243. The lowest BCUT2D eigenvalue weighted by Gasteiger charge is -2.41. The van der Waals surface area contributed by atoms with Crippen molar-refractivity contribution >= 4 is 38.9 Å². The quantitative estimate of drug-likeness (QED) is 0.179. The summed E-state index contributed by atoms with van der Waals surface area (Å²) in [6, 6.07) is 16.9. The standard InChI is InChI=1S/C36H38ClF2N3O4S/c1-36(2,3)46-35(44)41(4)25-10-12-26(13-11-25)42(34(43)33-31(37)30-27(38)14-15-28(39)32(30)47-33)20-24-18-23(9-16-29(24)45-5)22-8-6-7-21(17-22)19-40/h6-9,14-18,25-26,35,44H,10-13,20H2,1-5H3. The van der Waals surface area contributed by atoms with Crippen molar-refractivity contribution in [3.63, 3.8) is 0 Å². The van der Waals surface area contributed by atoms with Crippen molar-refractivity contribution in [3.8, 4) is 22.9 Å². The molecular formula is C36H38ClF2N3O4S. The summed E-state index contributed by atoms with van der Waals surface area (Å²) >= 11 is 7.46. The van der Waals surface area contributed by atoms with E-state index in [-0.39, 0.29) is 38.6 Å². The fourth-order valence-electron chi connectivity index (χ4n) is 6.12. The van der Waals surface area contributed by atoms with E-state index in [9.17, 15) is 23.9 Å². The second-order valence-corrected chi connectivity index (χ2v) is 14.2. The van der Waals surface area contributed by atoms with Crippen LogP contribution in [0.15, 0.2) is 54.6 Å². The molecule has 47 heavy (non-hydrogen) atoms. The second kappa shape index (κ2) is 14.3. The average Bonchev–Trinajstić information content (AvgIpc) is 3.42.